The summed E-state index contributed by atoms with van der Waals surface area (Å²) < 4.78 is 0. The van der Waals surface area contributed by atoms with E-state index in [0.717, 1.165) is 27.8 Å². The maximum atomic E-state index is 12.5. The van der Waals surface area contributed by atoms with Gasteiger partial charge >= 0.3 is 0 Å². The van der Waals surface area contributed by atoms with E-state index in [-0.39, 0.29) is 5.78 Å². The summed E-state index contributed by atoms with van der Waals surface area (Å²) in [7, 11) is 0. The van der Waals surface area contributed by atoms with Crippen LogP contribution in [-0.2, 0) is 11.3 Å². The maximum Gasteiger partial charge on any atom is 0.160 e. The largest absolute Gasteiger partial charge is 0.381 e. The molecule has 0 aromatic heterocycles. The number of hydrogen-bond acceptors (Lipinski definition) is 2. The zero-order valence-electron chi connectivity index (χ0n) is 18.3. The van der Waals surface area contributed by atoms with Crippen LogP contribution >= 0.6 is 0 Å². The van der Waals surface area contributed by atoms with Crippen LogP contribution in [0.15, 0.2) is 85.1 Å². The summed E-state index contributed by atoms with van der Waals surface area (Å²) in [4.78, 5) is 12.5. The summed E-state index contributed by atoms with van der Waals surface area (Å²) in [6, 6.07) is 22.2. The van der Waals surface area contributed by atoms with E-state index in [0.29, 0.717) is 17.8 Å². The second-order valence-electron chi connectivity index (χ2n) is 7.67. The van der Waals surface area contributed by atoms with Crippen molar-refractivity contribution in [1.29, 1.82) is 0 Å². The van der Waals surface area contributed by atoms with Crippen molar-refractivity contribution in [2.45, 2.75) is 27.3 Å². The minimum atomic E-state index is 0.00164. The number of aryl methyl sites for hydroxylation is 2. The highest BCUT2D eigenvalue weighted by Gasteiger charge is 2.12. The van der Waals surface area contributed by atoms with Crippen LogP contribution in [0.1, 0.15) is 34.7 Å². The number of ketones is 1. The number of Topliss-reactive ketones (excluding diaryl/α,β-unsaturated/α-hetero) is 1. The molecule has 3 aromatic carbocycles. The Bertz CT molecular complexity index is 1190. The lowest BCUT2D eigenvalue weighted by atomic mass is 9.92. The van der Waals surface area contributed by atoms with Crippen LogP contribution in [-0.4, -0.2) is 5.78 Å². The molecule has 0 radical (unpaired) electrons. The molecule has 0 aliphatic heterocycles. The highest BCUT2D eigenvalue weighted by molar-refractivity contribution is 6.20. The van der Waals surface area contributed by atoms with Gasteiger partial charge in [0.2, 0.25) is 0 Å². The summed E-state index contributed by atoms with van der Waals surface area (Å²) in [5.74, 6) is 2.64. The van der Waals surface area contributed by atoms with Gasteiger partial charge in [0, 0.05) is 23.4 Å². The minimum Gasteiger partial charge on any atom is -0.381 e. The number of allylic oxidation sites excluding steroid dienone is 2. The third kappa shape index (κ3) is 5.41. The Balaban J connectivity index is 1.89. The standard InChI is InChI=1S/C29H27NO/c1-6-24-12-15-25(16-13-24)26-14-11-21(3)28(18-26)29(23(5)31)17-22(4)30-19-27-10-8-7-9-20(27)2/h1,7-18,30H,4,19H2,2-3,5H3/b29-17-. The van der Waals surface area contributed by atoms with Gasteiger partial charge in [-0.15, -0.1) is 6.42 Å². The first-order valence-electron chi connectivity index (χ1n) is 10.3. The summed E-state index contributed by atoms with van der Waals surface area (Å²) in [6.07, 6.45) is 7.30. The number of nitrogens with one attached hydrogen (secondary N) is 1. The normalized spacial score (nSPS) is 11.0. The number of carbonyl (C=O) groups is 1. The SMILES string of the molecule is C#Cc1ccc(-c2ccc(C)c(/C(=C\C(=C)NCc3ccccc3C)C(C)=O)c2)cc1. The van der Waals surface area contributed by atoms with E-state index in [1.165, 1.54) is 11.1 Å². The lowest BCUT2D eigenvalue weighted by molar-refractivity contribution is -0.111. The highest BCUT2D eigenvalue weighted by atomic mass is 16.1. The zero-order chi connectivity index (χ0) is 22.4. The predicted molar refractivity (Wildman–Crippen MR) is 130 cm³/mol. The molecule has 2 heteroatoms. The molecule has 2 nitrogen and oxygen atoms in total. The van der Waals surface area contributed by atoms with Crippen molar-refractivity contribution >= 4 is 11.4 Å². The molecule has 0 fully saturated rings. The minimum absolute atomic E-state index is 0.00164. The van der Waals surface area contributed by atoms with Gasteiger partial charge < -0.3 is 5.32 Å². The van der Waals surface area contributed by atoms with Crippen molar-refractivity contribution in [1.82, 2.24) is 5.32 Å². The molecule has 0 aliphatic carbocycles. The topological polar surface area (TPSA) is 29.1 Å². The van der Waals surface area contributed by atoms with Crippen LogP contribution in [0.25, 0.3) is 16.7 Å². The van der Waals surface area contributed by atoms with Gasteiger partial charge in [-0.25, -0.2) is 0 Å². The Kier molecular flexibility index (Phi) is 6.90. The Labute approximate surface area is 185 Å². The van der Waals surface area contributed by atoms with E-state index in [1.54, 1.807) is 6.92 Å². The Morgan fingerprint density at radius 1 is 1.00 bits per heavy atom. The van der Waals surface area contributed by atoms with Crippen molar-refractivity contribution in [2.24, 2.45) is 0 Å². The van der Waals surface area contributed by atoms with Gasteiger partial charge in [-0.1, -0.05) is 61.0 Å². The molecule has 154 valence electrons. The number of rotatable bonds is 7. The number of hydrogen-bond donors (Lipinski definition) is 1. The van der Waals surface area contributed by atoms with Crippen molar-refractivity contribution < 1.29 is 4.79 Å². The summed E-state index contributed by atoms with van der Waals surface area (Å²) >= 11 is 0. The summed E-state index contributed by atoms with van der Waals surface area (Å²) in [5.41, 5.74) is 8.65. The van der Waals surface area contributed by atoms with E-state index in [4.69, 9.17) is 6.42 Å². The first kappa shape index (κ1) is 21.9. The lowest BCUT2D eigenvalue weighted by Gasteiger charge is -2.14. The van der Waals surface area contributed by atoms with Crippen molar-refractivity contribution in [3.63, 3.8) is 0 Å². The fourth-order valence-corrected chi connectivity index (χ4v) is 3.46. The highest BCUT2D eigenvalue weighted by Crippen LogP contribution is 2.28. The van der Waals surface area contributed by atoms with Crippen LogP contribution in [0.3, 0.4) is 0 Å². The molecular weight excluding hydrogens is 378 g/mol. The molecule has 1 N–H and O–H groups in total. The first-order valence-corrected chi connectivity index (χ1v) is 10.3. The van der Waals surface area contributed by atoms with Crippen molar-refractivity contribution in [2.75, 3.05) is 0 Å². The fraction of sp³-hybridized carbons (Fsp3) is 0.138. The molecule has 3 rings (SSSR count). The number of terminal acetylenes is 1. The average molecular weight is 406 g/mol. The monoisotopic (exact) mass is 405 g/mol. The van der Waals surface area contributed by atoms with E-state index in [1.807, 2.05) is 55.5 Å². The van der Waals surface area contributed by atoms with Gasteiger partial charge in [0.25, 0.3) is 0 Å². The third-order valence-electron chi connectivity index (χ3n) is 5.38. The molecule has 0 saturated carbocycles. The maximum absolute atomic E-state index is 12.5. The number of benzene rings is 3. The van der Waals surface area contributed by atoms with E-state index >= 15 is 0 Å². The molecule has 0 amide bonds. The van der Waals surface area contributed by atoms with Gasteiger partial charge in [-0.2, -0.15) is 0 Å². The molecule has 0 atom stereocenters. The quantitative estimate of drug-likeness (QED) is 0.287. The first-order chi connectivity index (χ1) is 14.9. The molecule has 0 aliphatic rings. The fourth-order valence-electron chi connectivity index (χ4n) is 3.46. The molecule has 0 bridgehead atoms. The average Bonchev–Trinajstić information content (AvgIpc) is 2.77. The van der Waals surface area contributed by atoms with E-state index < -0.39 is 0 Å². The van der Waals surface area contributed by atoms with Crippen molar-refractivity contribution in [3.8, 4) is 23.5 Å². The summed E-state index contributed by atoms with van der Waals surface area (Å²) in [6.45, 7) is 10.5. The molecular formula is C29H27NO. The lowest BCUT2D eigenvalue weighted by Crippen LogP contribution is -2.12. The Morgan fingerprint density at radius 3 is 2.32 bits per heavy atom. The van der Waals surface area contributed by atoms with Gasteiger partial charge in [-0.3, -0.25) is 4.79 Å². The van der Waals surface area contributed by atoms with Gasteiger partial charge in [-0.05, 0) is 78.4 Å². The predicted octanol–water partition coefficient (Wildman–Crippen LogP) is 6.23. The Morgan fingerprint density at radius 2 is 1.68 bits per heavy atom. The van der Waals surface area contributed by atoms with E-state index in [9.17, 15) is 4.79 Å². The van der Waals surface area contributed by atoms with Crippen LogP contribution < -0.4 is 5.32 Å². The molecule has 3 aromatic rings. The van der Waals surface area contributed by atoms with Gasteiger partial charge in [0.1, 0.15) is 0 Å². The second kappa shape index (κ2) is 9.78. The van der Waals surface area contributed by atoms with Crippen LogP contribution in [0, 0.1) is 26.2 Å². The van der Waals surface area contributed by atoms with Crippen molar-refractivity contribution in [3.05, 3.63) is 113 Å². The molecule has 0 heterocycles. The molecule has 31 heavy (non-hydrogen) atoms. The van der Waals surface area contributed by atoms with Gasteiger partial charge in [0.15, 0.2) is 5.78 Å². The molecule has 0 spiro atoms. The zero-order valence-corrected chi connectivity index (χ0v) is 18.3. The van der Waals surface area contributed by atoms with Crippen LogP contribution in [0.4, 0.5) is 0 Å². The molecule has 0 saturated heterocycles. The van der Waals surface area contributed by atoms with Gasteiger partial charge in [0.05, 0.1) is 0 Å². The second-order valence-corrected chi connectivity index (χ2v) is 7.67. The van der Waals surface area contributed by atoms with Crippen LogP contribution in [0.2, 0.25) is 0 Å². The van der Waals surface area contributed by atoms with E-state index in [2.05, 4.69) is 49.0 Å². The number of carbonyl (C=O) groups excluding carboxylic acids is 1. The molecule has 0 unspecified atom stereocenters. The third-order valence-corrected chi connectivity index (χ3v) is 5.38. The Hall–Kier alpha value is -3.83. The summed E-state index contributed by atoms with van der Waals surface area (Å²) in [5, 5.41) is 3.33. The smallest absolute Gasteiger partial charge is 0.160 e. The van der Waals surface area contributed by atoms with Crippen LogP contribution in [0.5, 0.6) is 0 Å².